The number of rotatable bonds is 3. The van der Waals surface area contributed by atoms with Crippen LogP contribution >= 0.6 is 0 Å². The second-order valence-corrected chi connectivity index (χ2v) is 7.29. The van der Waals surface area contributed by atoms with Crippen molar-refractivity contribution in [3.8, 4) is 5.69 Å². The summed E-state index contributed by atoms with van der Waals surface area (Å²) in [6.07, 6.45) is 2.79. The number of nitrogens with zero attached hydrogens (tertiary/aromatic N) is 2. The highest BCUT2D eigenvalue weighted by molar-refractivity contribution is 6.05. The second-order valence-electron chi connectivity index (χ2n) is 7.29. The number of para-hydroxylation sites is 1. The van der Waals surface area contributed by atoms with Crippen LogP contribution in [0.2, 0.25) is 0 Å². The number of fused-ring (bicyclic) bond motifs is 2. The van der Waals surface area contributed by atoms with Crippen LogP contribution in [0.15, 0.2) is 63.8 Å². The molecule has 2 aromatic heterocycles. The van der Waals surface area contributed by atoms with Crippen LogP contribution in [0.4, 0.5) is 5.69 Å². The van der Waals surface area contributed by atoms with Crippen molar-refractivity contribution in [3.63, 3.8) is 0 Å². The van der Waals surface area contributed by atoms with E-state index in [1.807, 2.05) is 35.9 Å². The van der Waals surface area contributed by atoms with Crippen molar-refractivity contribution in [1.29, 1.82) is 0 Å². The highest BCUT2D eigenvalue weighted by Gasteiger charge is 2.27. The smallest absolute Gasteiger partial charge is 0.336 e. The van der Waals surface area contributed by atoms with Crippen LogP contribution in [0.3, 0.4) is 0 Å². The van der Waals surface area contributed by atoms with E-state index in [0.29, 0.717) is 17.0 Å². The Kier molecular flexibility index (Phi) is 4.05. The van der Waals surface area contributed by atoms with Gasteiger partial charge >= 0.3 is 5.63 Å². The summed E-state index contributed by atoms with van der Waals surface area (Å²) in [6, 6.07) is 16.3. The second kappa shape index (κ2) is 6.74. The molecule has 4 aromatic rings. The van der Waals surface area contributed by atoms with Crippen molar-refractivity contribution in [2.45, 2.75) is 26.2 Å². The molecule has 0 saturated heterocycles. The van der Waals surface area contributed by atoms with Gasteiger partial charge in [-0.05, 0) is 62.1 Å². The lowest BCUT2D eigenvalue weighted by Crippen LogP contribution is -2.15. The monoisotopic (exact) mass is 385 g/mol. The minimum atomic E-state index is -0.397. The van der Waals surface area contributed by atoms with Gasteiger partial charge in [-0.3, -0.25) is 4.79 Å². The summed E-state index contributed by atoms with van der Waals surface area (Å²) in [5.41, 5.74) is 5.46. The van der Waals surface area contributed by atoms with E-state index in [2.05, 4.69) is 10.4 Å². The van der Waals surface area contributed by atoms with Gasteiger partial charge in [0.25, 0.3) is 5.91 Å². The molecule has 2 aromatic carbocycles. The molecule has 0 aliphatic heterocycles. The lowest BCUT2D eigenvalue weighted by atomic mass is 10.1. The quantitative estimate of drug-likeness (QED) is 0.540. The molecule has 5 rings (SSSR count). The third kappa shape index (κ3) is 3.02. The Morgan fingerprint density at radius 2 is 1.97 bits per heavy atom. The van der Waals surface area contributed by atoms with Gasteiger partial charge in [0.05, 0.1) is 5.69 Å². The zero-order valence-electron chi connectivity index (χ0n) is 15.9. The number of carbonyl (C=O) groups excluding carboxylic acids is 1. The molecule has 6 nitrogen and oxygen atoms in total. The summed E-state index contributed by atoms with van der Waals surface area (Å²) in [7, 11) is 0. The van der Waals surface area contributed by atoms with E-state index in [1.54, 1.807) is 24.3 Å². The van der Waals surface area contributed by atoms with Crippen LogP contribution in [-0.4, -0.2) is 15.7 Å². The number of anilines is 1. The van der Waals surface area contributed by atoms with E-state index < -0.39 is 5.63 Å². The van der Waals surface area contributed by atoms with Crippen LogP contribution in [0.1, 0.15) is 33.7 Å². The molecule has 1 amide bonds. The van der Waals surface area contributed by atoms with Crippen LogP contribution in [-0.2, 0) is 12.8 Å². The summed E-state index contributed by atoms with van der Waals surface area (Å²) in [6.45, 7) is 2.05. The molecule has 0 unspecified atom stereocenters. The molecular weight excluding hydrogens is 366 g/mol. The van der Waals surface area contributed by atoms with Crippen molar-refractivity contribution in [3.05, 3.63) is 87.5 Å². The van der Waals surface area contributed by atoms with Gasteiger partial charge in [0, 0.05) is 28.4 Å². The number of aromatic nitrogens is 2. The molecule has 0 saturated carbocycles. The molecule has 0 radical (unpaired) electrons. The fraction of sp³-hybridized carbons (Fsp3) is 0.174. The summed E-state index contributed by atoms with van der Waals surface area (Å²) >= 11 is 0. The number of carbonyl (C=O) groups is 1. The average Bonchev–Trinajstić information content (AvgIpc) is 3.31. The van der Waals surface area contributed by atoms with Crippen LogP contribution in [0, 0.1) is 6.92 Å². The molecule has 6 heteroatoms. The molecule has 1 aliphatic carbocycles. The molecule has 144 valence electrons. The lowest BCUT2D eigenvalue weighted by molar-refractivity contribution is 0.102. The van der Waals surface area contributed by atoms with Gasteiger partial charge < -0.3 is 9.73 Å². The molecule has 1 N–H and O–H groups in total. The normalized spacial score (nSPS) is 12.9. The van der Waals surface area contributed by atoms with Crippen molar-refractivity contribution >= 4 is 22.6 Å². The molecule has 1 aliphatic rings. The minimum absolute atomic E-state index is 0.229. The summed E-state index contributed by atoms with van der Waals surface area (Å²) in [4.78, 5) is 24.4. The Balaban J connectivity index is 1.51. The topological polar surface area (TPSA) is 77.1 Å². The third-order valence-corrected chi connectivity index (χ3v) is 5.37. The van der Waals surface area contributed by atoms with Crippen molar-refractivity contribution < 1.29 is 9.21 Å². The Morgan fingerprint density at radius 3 is 2.83 bits per heavy atom. The minimum Gasteiger partial charge on any atom is -0.423 e. The number of aryl methyl sites for hydroxylation is 1. The number of nitrogens with one attached hydrogen (secondary N) is 1. The Morgan fingerprint density at radius 1 is 1.10 bits per heavy atom. The number of hydrogen-bond acceptors (Lipinski definition) is 4. The Hall–Kier alpha value is -3.67. The molecule has 0 spiro atoms. The van der Waals surface area contributed by atoms with Gasteiger partial charge in [0.1, 0.15) is 5.58 Å². The van der Waals surface area contributed by atoms with Gasteiger partial charge in [-0.2, -0.15) is 5.10 Å². The maximum absolute atomic E-state index is 13.0. The standard InChI is InChI=1S/C23H19N3O3/c1-14-5-2-3-7-18(14)26-19-8-4-6-17(19)22(25-26)23(28)24-16-10-11-20-15(13-16)9-12-21(27)29-20/h2-3,5,7,9-13H,4,6,8H2,1H3,(H,24,28). The van der Waals surface area contributed by atoms with Gasteiger partial charge in [0.2, 0.25) is 0 Å². The van der Waals surface area contributed by atoms with E-state index in [-0.39, 0.29) is 5.91 Å². The summed E-state index contributed by atoms with van der Waals surface area (Å²) in [5, 5.41) is 8.37. The van der Waals surface area contributed by atoms with Crippen molar-refractivity contribution in [1.82, 2.24) is 9.78 Å². The van der Waals surface area contributed by atoms with Crippen molar-refractivity contribution in [2.24, 2.45) is 0 Å². The van der Waals surface area contributed by atoms with E-state index in [9.17, 15) is 9.59 Å². The maximum Gasteiger partial charge on any atom is 0.336 e. The van der Waals surface area contributed by atoms with E-state index in [0.717, 1.165) is 47.2 Å². The zero-order valence-corrected chi connectivity index (χ0v) is 15.9. The fourth-order valence-corrected chi connectivity index (χ4v) is 3.96. The molecule has 0 fully saturated rings. The van der Waals surface area contributed by atoms with Crippen LogP contribution < -0.4 is 10.9 Å². The van der Waals surface area contributed by atoms with E-state index in [1.165, 1.54) is 6.07 Å². The highest BCUT2D eigenvalue weighted by Crippen LogP contribution is 2.29. The Labute approximate surface area is 166 Å². The average molecular weight is 385 g/mol. The maximum atomic E-state index is 13.0. The van der Waals surface area contributed by atoms with Crippen LogP contribution in [0.25, 0.3) is 16.7 Å². The van der Waals surface area contributed by atoms with Crippen molar-refractivity contribution in [2.75, 3.05) is 5.32 Å². The number of benzene rings is 2. The van der Waals surface area contributed by atoms with Gasteiger partial charge in [-0.15, -0.1) is 0 Å². The first-order valence-electron chi connectivity index (χ1n) is 9.62. The fourth-order valence-electron chi connectivity index (χ4n) is 3.96. The first kappa shape index (κ1) is 17.4. The molecule has 2 heterocycles. The summed E-state index contributed by atoms with van der Waals surface area (Å²) in [5.74, 6) is -0.229. The predicted molar refractivity (Wildman–Crippen MR) is 111 cm³/mol. The third-order valence-electron chi connectivity index (χ3n) is 5.37. The number of hydrogen-bond donors (Lipinski definition) is 1. The largest absolute Gasteiger partial charge is 0.423 e. The van der Waals surface area contributed by atoms with E-state index >= 15 is 0 Å². The molecule has 29 heavy (non-hydrogen) atoms. The predicted octanol–water partition coefficient (Wildman–Crippen LogP) is 4.03. The van der Waals surface area contributed by atoms with Gasteiger partial charge in [-0.1, -0.05) is 18.2 Å². The first-order valence-corrected chi connectivity index (χ1v) is 9.62. The molecular formula is C23H19N3O3. The highest BCUT2D eigenvalue weighted by atomic mass is 16.4. The first-order chi connectivity index (χ1) is 14.1. The summed E-state index contributed by atoms with van der Waals surface area (Å²) < 4.78 is 7.06. The van der Waals surface area contributed by atoms with Gasteiger partial charge in [-0.25, -0.2) is 9.48 Å². The van der Waals surface area contributed by atoms with E-state index in [4.69, 9.17) is 4.42 Å². The zero-order chi connectivity index (χ0) is 20.0. The SMILES string of the molecule is Cc1ccccc1-n1nc(C(=O)Nc2ccc3oc(=O)ccc3c2)c2c1CCC2. The van der Waals surface area contributed by atoms with Gasteiger partial charge in [0.15, 0.2) is 5.69 Å². The Bertz CT molecular complexity index is 1320. The van der Waals surface area contributed by atoms with Crippen LogP contribution in [0.5, 0.6) is 0 Å². The molecule has 0 bridgehead atoms. The molecule has 0 atom stereocenters. The lowest BCUT2D eigenvalue weighted by Gasteiger charge is -2.08. The number of amides is 1.